The summed E-state index contributed by atoms with van der Waals surface area (Å²) >= 11 is 12.0. The van der Waals surface area contributed by atoms with Crippen LogP contribution in [-0.4, -0.2) is 26.2 Å². The standard InChI is InChI=1S/C16H17Cl2N3/c17-12-2-1-3-14(10-12)20-6-8-21(9-7-20)16-5-4-13(18)11-15(16)19/h1-5,10-11H,6-9,19H2. The molecule has 1 aliphatic heterocycles. The Morgan fingerprint density at radius 2 is 1.48 bits per heavy atom. The number of hydrogen-bond donors (Lipinski definition) is 1. The number of nitrogens with zero attached hydrogens (tertiary/aromatic N) is 2. The third-order valence-electron chi connectivity index (χ3n) is 3.78. The third kappa shape index (κ3) is 3.20. The van der Waals surface area contributed by atoms with Gasteiger partial charge in [0.2, 0.25) is 0 Å². The van der Waals surface area contributed by atoms with Gasteiger partial charge in [-0.05, 0) is 36.4 Å². The zero-order chi connectivity index (χ0) is 14.8. The summed E-state index contributed by atoms with van der Waals surface area (Å²) in [7, 11) is 0. The molecule has 5 heteroatoms. The Hall–Kier alpha value is -1.58. The fraction of sp³-hybridized carbons (Fsp3) is 0.250. The van der Waals surface area contributed by atoms with Crippen LogP contribution in [0, 0.1) is 0 Å². The van der Waals surface area contributed by atoms with Gasteiger partial charge in [0.1, 0.15) is 0 Å². The van der Waals surface area contributed by atoms with Gasteiger partial charge in [-0.2, -0.15) is 0 Å². The van der Waals surface area contributed by atoms with Gasteiger partial charge in [0.15, 0.2) is 0 Å². The highest BCUT2D eigenvalue weighted by Gasteiger charge is 2.19. The lowest BCUT2D eigenvalue weighted by atomic mass is 10.2. The maximum absolute atomic E-state index is 6.06. The minimum absolute atomic E-state index is 0.675. The molecule has 0 aliphatic carbocycles. The molecule has 3 nitrogen and oxygen atoms in total. The molecule has 0 saturated carbocycles. The van der Waals surface area contributed by atoms with E-state index in [9.17, 15) is 0 Å². The Bertz CT molecular complexity index is 637. The third-order valence-corrected chi connectivity index (χ3v) is 4.25. The highest BCUT2D eigenvalue weighted by molar-refractivity contribution is 6.31. The second kappa shape index (κ2) is 6.04. The van der Waals surface area contributed by atoms with Gasteiger partial charge in [-0.15, -0.1) is 0 Å². The van der Waals surface area contributed by atoms with Crippen LogP contribution in [0.3, 0.4) is 0 Å². The molecule has 0 radical (unpaired) electrons. The number of rotatable bonds is 2. The molecule has 0 atom stereocenters. The summed E-state index contributed by atoms with van der Waals surface area (Å²) in [6.07, 6.45) is 0. The van der Waals surface area contributed by atoms with Crippen LogP contribution in [0.5, 0.6) is 0 Å². The van der Waals surface area contributed by atoms with Crippen LogP contribution in [0.4, 0.5) is 17.1 Å². The normalized spacial score (nSPS) is 15.3. The van der Waals surface area contributed by atoms with Crippen LogP contribution < -0.4 is 15.5 Å². The molecule has 1 aliphatic rings. The monoisotopic (exact) mass is 321 g/mol. The van der Waals surface area contributed by atoms with Crippen LogP contribution in [0.2, 0.25) is 10.0 Å². The first kappa shape index (κ1) is 14.4. The Kier molecular flexibility index (Phi) is 4.13. The van der Waals surface area contributed by atoms with Crippen molar-refractivity contribution in [3.63, 3.8) is 0 Å². The maximum Gasteiger partial charge on any atom is 0.0602 e. The molecule has 0 amide bonds. The van der Waals surface area contributed by atoms with Crippen molar-refractivity contribution in [2.75, 3.05) is 41.7 Å². The molecule has 3 rings (SSSR count). The molecule has 1 fully saturated rings. The summed E-state index contributed by atoms with van der Waals surface area (Å²) in [5.74, 6) is 0. The molecule has 110 valence electrons. The Labute approximate surface area is 134 Å². The smallest absolute Gasteiger partial charge is 0.0602 e. The van der Waals surface area contributed by atoms with Crippen molar-refractivity contribution in [1.29, 1.82) is 0 Å². The molecule has 0 bridgehead atoms. The predicted octanol–water partition coefficient (Wildman–Crippen LogP) is 3.90. The van der Waals surface area contributed by atoms with Gasteiger partial charge in [-0.25, -0.2) is 0 Å². The Balaban J connectivity index is 1.70. The summed E-state index contributed by atoms with van der Waals surface area (Å²) in [6, 6.07) is 13.7. The van der Waals surface area contributed by atoms with Crippen LogP contribution >= 0.6 is 23.2 Å². The van der Waals surface area contributed by atoms with E-state index in [0.717, 1.165) is 42.6 Å². The molecule has 2 aromatic rings. The molecule has 21 heavy (non-hydrogen) atoms. The van der Waals surface area contributed by atoms with E-state index in [1.807, 2.05) is 30.3 Å². The molecule has 0 unspecified atom stereocenters. The Morgan fingerprint density at radius 3 is 2.14 bits per heavy atom. The maximum atomic E-state index is 6.06. The van der Waals surface area contributed by atoms with Crippen molar-refractivity contribution in [2.45, 2.75) is 0 Å². The number of nitrogen functional groups attached to an aromatic ring is 1. The van der Waals surface area contributed by atoms with Crippen molar-refractivity contribution >= 4 is 40.3 Å². The highest BCUT2D eigenvalue weighted by atomic mass is 35.5. The minimum Gasteiger partial charge on any atom is -0.397 e. The SMILES string of the molecule is Nc1cc(Cl)ccc1N1CCN(c2cccc(Cl)c2)CC1. The molecule has 0 aromatic heterocycles. The van der Waals surface area contributed by atoms with Crippen molar-refractivity contribution < 1.29 is 0 Å². The summed E-state index contributed by atoms with van der Waals surface area (Å²) in [5, 5.41) is 1.45. The molecular weight excluding hydrogens is 305 g/mol. The largest absolute Gasteiger partial charge is 0.397 e. The summed E-state index contributed by atoms with van der Waals surface area (Å²) in [5.41, 5.74) is 9.03. The average Bonchev–Trinajstić information content (AvgIpc) is 2.47. The van der Waals surface area contributed by atoms with Crippen LogP contribution in [0.25, 0.3) is 0 Å². The number of piperazine rings is 1. The van der Waals surface area contributed by atoms with Crippen LogP contribution in [0.1, 0.15) is 0 Å². The first-order valence-electron chi connectivity index (χ1n) is 6.94. The highest BCUT2D eigenvalue weighted by Crippen LogP contribution is 2.28. The van der Waals surface area contributed by atoms with E-state index in [1.165, 1.54) is 5.69 Å². The van der Waals surface area contributed by atoms with Crippen molar-refractivity contribution in [3.05, 3.63) is 52.5 Å². The van der Waals surface area contributed by atoms with E-state index in [1.54, 1.807) is 6.07 Å². The summed E-state index contributed by atoms with van der Waals surface area (Å²) in [6.45, 7) is 3.75. The van der Waals surface area contributed by atoms with Gasteiger partial charge in [0.25, 0.3) is 0 Å². The molecular formula is C16H17Cl2N3. The van der Waals surface area contributed by atoms with Gasteiger partial charge >= 0.3 is 0 Å². The van der Waals surface area contributed by atoms with Crippen molar-refractivity contribution in [3.8, 4) is 0 Å². The van der Waals surface area contributed by atoms with E-state index in [0.29, 0.717) is 5.02 Å². The van der Waals surface area contributed by atoms with E-state index in [-0.39, 0.29) is 0 Å². The number of anilines is 3. The number of halogens is 2. The Morgan fingerprint density at radius 1 is 0.810 bits per heavy atom. The fourth-order valence-corrected chi connectivity index (χ4v) is 3.06. The van der Waals surface area contributed by atoms with Crippen LogP contribution in [-0.2, 0) is 0 Å². The average molecular weight is 322 g/mol. The van der Waals surface area contributed by atoms with Crippen molar-refractivity contribution in [2.24, 2.45) is 0 Å². The van der Waals surface area contributed by atoms with Gasteiger partial charge in [-0.1, -0.05) is 29.3 Å². The number of nitrogens with two attached hydrogens (primary N) is 1. The molecule has 0 spiro atoms. The van der Waals surface area contributed by atoms with Gasteiger partial charge in [0.05, 0.1) is 11.4 Å². The molecule has 2 aromatic carbocycles. The summed E-state index contributed by atoms with van der Waals surface area (Å²) < 4.78 is 0. The lowest BCUT2D eigenvalue weighted by Crippen LogP contribution is -2.46. The van der Waals surface area contributed by atoms with Crippen molar-refractivity contribution in [1.82, 2.24) is 0 Å². The van der Waals surface area contributed by atoms with Crippen LogP contribution in [0.15, 0.2) is 42.5 Å². The second-order valence-electron chi connectivity index (χ2n) is 5.16. The zero-order valence-electron chi connectivity index (χ0n) is 11.6. The quantitative estimate of drug-likeness (QED) is 0.851. The van der Waals surface area contributed by atoms with Gasteiger partial charge in [0, 0.05) is 41.9 Å². The van der Waals surface area contributed by atoms with E-state index in [4.69, 9.17) is 28.9 Å². The topological polar surface area (TPSA) is 32.5 Å². The van der Waals surface area contributed by atoms with E-state index < -0.39 is 0 Å². The second-order valence-corrected chi connectivity index (χ2v) is 6.03. The fourth-order valence-electron chi connectivity index (χ4n) is 2.69. The van der Waals surface area contributed by atoms with Gasteiger partial charge < -0.3 is 15.5 Å². The molecule has 1 saturated heterocycles. The number of hydrogen-bond acceptors (Lipinski definition) is 3. The lowest BCUT2D eigenvalue weighted by molar-refractivity contribution is 0.654. The zero-order valence-corrected chi connectivity index (χ0v) is 13.1. The predicted molar refractivity (Wildman–Crippen MR) is 91.7 cm³/mol. The van der Waals surface area contributed by atoms with E-state index >= 15 is 0 Å². The number of benzene rings is 2. The van der Waals surface area contributed by atoms with E-state index in [2.05, 4.69) is 15.9 Å². The first-order chi connectivity index (χ1) is 10.1. The lowest BCUT2D eigenvalue weighted by Gasteiger charge is -2.37. The minimum atomic E-state index is 0.675. The van der Waals surface area contributed by atoms with Gasteiger partial charge in [-0.3, -0.25) is 0 Å². The summed E-state index contributed by atoms with van der Waals surface area (Å²) in [4.78, 5) is 4.64. The first-order valence-corrected chi connectivity index (χ1v) is 7.69. The molecule has 1 heterocycles. The molecule has 2 N–H and O–H groups in total.